The van der Waals surface area contributed by atoms with Gasteiger partial charge in [0.15, 0.2) is 0 Å². The molecule has 0 amide bonds. The van der Waals surface area contributed by atoms with Crippen molar-refractivity contribution in [2.45, 2.75) is 33.7 Å². The van der Waals surface area contributed by atoms with Crippen LogP contribution in [0.5, 0.6) is 0 Å². The van der Waals surface area contributed by atoms with Gasteiger partial charge in [-0.1, -0.05) is 57.2 Å². The second kappa shape index (κ2) is 8.94. The molecule has 3 heteroatoms. The number of benzene rings is 2. The quantitative estimate of drug-likeness (QED) is 0.456. The van der Waals surface area contributed by atoms with Gasteiger partial charge in [0.25, 0.3) is 0 Å². The predicted octanol–water partition coefficient (Wildman–Crippen LogP) is 5.38. The van der Waals surface area contributed by atoms with E-state index >= 15 is 0 Å². The molecule has 0 spiro atoms. The number of aromatic amines is 2. The minimum Gasteiger partial charge on any atom is -0.361 e. The number of aryl methyl sites for hydroxylation is 1. The van der Waals surface area contributed by atoms with Gasteiger partial charge in [0.1, 0.15) is 0 Å². The lowest BCUT2D eigenvalue weighted by molar-refractivity contribution is 1.08. The zero-order chi connectivity index (χ0) is 17.4. The van der Waals surface area contributed by atoms with Gasteiger partial charge in [-0.05, 0) is 29.7 Å². The van der Waals surface area contributed by atoms with Crippen molar-refractivity contribution in [2.24, 2.45) is 5.73 Å². The summed E-state index contributed by atoms with van der Waals surface area (Å²) >= 11 is 0. The molecule has 2 aromatic carbocycles. The van der Waals surface area contributed by atoms with Crippen LogP contribution < -0.4 is 5.73 Å². The largest absolute Gasteiger partial charge is 0.361 e. The first-order valence-electron chi connectivity index (χ1n) is 8.63. The van der Waals surface area contributed by atoms with Crippen LogP contribution in [-0.2, 0) is 13.0 Å². The fourth-order valence-corrected chi connectivity index (χ4v) is 2.72. The van der Waals surface area contributed by atoms with E-state index in [1.54, 1.807) is 0 Å². The van der Waals surface area contributed by atoms with E-state index in [4.69, 9.17) is 5.73 Å². The highest BCUT2D eigenvalue weighted by Crippen LogP contribution is 2.17. The monoisotopic (exact) mass is 321 g/mol. The van der Waals surface area contributed by atoms with E-state index in [2.05, 4.69) is 59.5 Å². The average molecular weight is 321 g/mol. The fourth-order valence-electron chi connectivity index (χ4n) is 2.72. The first kappa shape index (κ1) is 17.8. The Morgan fingerprint density at radius 1 is 0.750 bits per heavy atom. The molecular weight excluding hydrogens is 294 g/mol. The van der Waals surface area contributed by atoms with Gasteiger partial charge in [-0.25, -0.2) is 0 Å². The number of aromatic nitrogens is 2. The summed E-state index contributed by atoms with van der Waals surface area (Å²) in [5.41, 5.74) is 10.5. The minimum absolute atomic E-state index is 0.601. The van der Waals surface area contributed by atoms with Gasteiger partial charge >= 0.3 is 0 Å². The minimum atomic E-state index is 0.601. The molecular formula is C21H27N3. The van der Waals surface area contributed by atoms with E-state index in [0.29, 0.717) is 6.54 Å². The van der Waals surface area contributed by atoms with Crippen molar-refractivity contribution < 1.29 is 0 Å². The van der Waals surface area contributed by atoms with Gasteiger partial charge in [0.05, 0.1) is 0 Å². The summed E-state index contributed by atoms with van der Waals surface area (Å²) in [5.74, 6) is 0. The van der Waals surface area contributed by atoms with Gasteiger partial charge in [-0.2, -0.15) is 0 Å². The molecule has 4 N–H and O–H groups in total. The SMILES string of the molecule is CC.CCc1c[nH]c2ccccc12.NCc1c[nH]c2ccccc12. The highest BCUT2D eigenvalue weighted by Gasteiger charge is 1.99. The van der Waals surface area contributed by atoms with Gasteiger partial charge in [0, 0.05) is 40.7 Å². The number of nitrogens with two attached hydrogens (primary N) is 1. The molecule has 0 unspecified atom stereocenters. The molecule has 126 valence electrons. The Balaban J connectivity index is 0.000000158. The number of hydrogen-bond acceptors (Lipinski definition) is 1. The average Bonchev–Trinajstić information content (AvgIpc) is 3.27. The zero-order valence-electron chi connectivity index (χ0n) is 14.8. The van der Waals surface area contributed by atoms with Crippen molar-refractivity contribution in [2.75, 3.05) is 0 Å². The summed E-state index contributed by atoms with van der Waals surface area (Å²) < 4.78 is 0. The molecule has 0 atom stereocenters. The summed E-state index contributed by atoms with van der Waals surface area (Å²) in [6, 6.07) is 16.6. The predicted molar refractivity (Wildman–Crippen MR) is 105 cm³/mol. The Bertz CT molecular complexity index is 797. The molecule has 0 aliphatic rings. The van der Waals surface area contributed by atoms with Crippen LogP contribution in [0, 0.1) is 0 Å². The molecule has 0 radical (unpaired) electrons. The van der Waals surface area contributed by atoms with Crippen LogP contribution in [0.15, 0.2) is 60.9 Å². The Kier molecular flexibility index (Phi) is 6.64. The zero-order valence-corrected chi connectivity index (χ0v) is 14.8. The molecule has 0 aliphatic heterocycles. The van der Waals surface area contributed by atoms with Crippen LogP contribution in [-0.4, -0.2) is 9.97 Å². The van der Waals surface area contributed by atoms with E-state index in [1.807, 2.05) is 32.2 Å². The van der Waals surface area contributed by atoms with Crippen molar-refractivity contribution in [3.05, 3.63) is 72.1 Å². The van der Waals surface area contributed by atoms with Crippen molar-refractivity contribution in [3.63, 3.8) is 0 Å². The molecule has 0 saturated heterocycles. The molecule has 0 fully saturated rings. The van der Waals surface area contributed by atoms with E-state index < -0.39 is 0 Å². The third kappa shape index (κ3) is 3.87. The smallest absolute Gasteiger partial charge is 0.0457 e. The van der Waals surface area contributed by atoms with Gasteiger partial charge in [-0.3, -0.25) is 0 Å². The number of hydrogen-bond donors (Lipinski definition) is 3. The number of H-pyrrole nitrogens is 2. The van der Waals surface area contributed by atoms with Crippen molar-refractivity contribution in [3.8, 4) is 0 Å². The molecule has 2 aromatic heterocycles. The molecule has 24 heavy (non-hydrogen) atoms. The Labute approximate surface area is 143 Å². The third-order valence-corrected chi connectivity index (χ3v) is 3.95. The fraction of sp³-hybridized carbons (Fsp3) is 0.238. The standard InChI is InChI=1S/C10H11N.C9H10N2.C2H6/c1-2-8-7-11-10-6-4-3-5-9(8)10;10-5-7-6-11-9-4-2-1-3-8(7)9;1-2/h3-7,11H,2H2,1H3;1-4,6,11H,5,10H2;1-2H3. The van der Waals surface area contributed by atoms with E-state index in [-0.39, 0.29) is 0 Å². The Morgan fingerprint density at radius 2 is 1.21 bits per heavy atom. The molecule has 0 aliphatic carbocycles. The number of nitrogens with one attached hydrogen (secondary N) is 2. The van der Waals surface area contributed by atoms with Crippen LogP contribution in [0.2, 0.25) is 0 Å². The Morgan fingerprint density at radius 3 is 1.71 bits per heavy atom. The van der Waals surface area contributed by atoms with Crippen molar-refractivity contribution in [1.29, 1.82) is 0 Å². The summed E-state index contributed by atoms with van der Waals surface area (Å²) in [6.07, 6.45) is 5.15. The summed E-state index contributed by atoms with van der Waals surface area (Å²) in [6.45, 7) is 6.78. The lowest BCUT2D eigenvalue weighted by Crippen LogP contribution is -1.93. The lowest BCUT2D eigenvalue weighted by Gasteiger charge is -1.90. The summed E-state index contributed by atoms with van der Waals surface area (Å²) in [7, 11) is 0. The van der Waals surface area contributed by atoms with Crippen LogP contribution in [0.4, 0.5) is 0 Å². The normalized spacial score (nSPS) is 10.0. The van der Waals surface area contributed by atoms with Gasteiger partial charge in [0.2, 0.25) is 0 Å². The maximum absolute atomic E-state index is 5.54. The van der Waals surface area contributed by atoms with Crippen LogP contribution >= 0.6 is 0 Å². The number of fused-ring (bicyclic) bond motifs is 2. The molecule has 2 heterocycles. The second-order valence-electron chi connectivity index (χ2n) is 5.28. The highest BCUT2D eigenvalue weighted by molar-refractivity contribution is 5.83. The van der Waals surface area contributed by atoms with E-state index in [9.17, 15) is 0 Å². The highest BCUT2D eigenvalue weighted by atomic mass is 14.7. The lowest BCUT2D eigenvalue weighted by atomic mass is 10.1. The molecule has 4 aromatic rings. The first-order valence-corrected chi connectivity index (χ1v) is 8.63. The summed E-state index contributed by atoms with van der Waals surface area (Å²) in [4.78, 5) is 6.40. The molecule has 4 rings (SSSR count). The van der Waals surface area contributed by atoms with Crippen LogP contribution in [0.1, 0.15) is 31.9 Å². The topological polar surface area (TPSA) is 57.6 Å². The third-order valence-electron chi connectivity index (χ3n) is 3.95. The van der Waals surface area contributed by atoms with Gasteiger partial charge in [-0.15, -0.1) is 0 Å². The van der Waals surface area contributed by atoms with Crippen molar-refractivity contribution in [1.82, 2.24) is 9.97 Å². The number of para-hydroxylation sites is 2. The van der Waals surface area contributed by atoms with E-state index in [1.165, 1.54) is 27.4 Å². The maximum atomic E-state index is 5.54. The molecule has 0 saturated carbocycles. The first-order chi connectivity index (χ1) is 11.8. The van der Waals surface area contributed by atoms with Crippen LogP contribution in [0.25, 0.3) is 21.8 Å². The molecule has 0 bridgehead atoms. The Hall–Kier alpha value is -2.52. The molecule has 3 nitrogen and oxygen atoms in total. The maximum Gasteiger partial charge on any atom is 0.0457 e. The van der Waals surface area contributed by atoms with Crippen molar-refractivity contribution >= 4 is 21.8 Å². The van der Waals surface area contributed by atoms with Gasteiger partial charge < -0.3 is 15.7 Å². The van der Waals surface area contributed by atoms with E-state index in [0.717, 1.165) is 11.9 Å². The summed E-state index contributed by atoms with van der Waals surface area (Å²) in [5, 5.41) is 2.59. The number of rotatable bonds is 2. The second-order valence-corrected chi connectivity index (χ2v) is 5.28. The van der Waals surface area contributed by atoms with Crippen LogP contribution in [0.3, 0.4) is 0 Å².